The molecule has 1 amide bonds. The van der Waals surface area contributed by atoms with Crippen LogP contribution < -0.4 is 4.90 Å². The van der Waals surface area contributed by atoms with Crippen LogP contribution in [0.1, 0.15) is 24.0 Å². The number of anilines is 1. The topological polar surface area (TPSA) is 88.5 Å². The number of esters is 2. The van der Waals surface area contributed by atoms with Crippen LogP contribution in [0.4, 0.5) is 5.69 Å². The summed E-state index contributed by atoms with van der Waals surface area (Å²) < 4.78 is 10.2. The number of piperidine rings is 1. The molecule has 1 saturated heterocycles. The second-order valence-corrected chi connectivity index (χ2v) is 8.98. The van der Waals surface area contributed by atoms with Crippen molar-refractivity contribution in [3.05, 3.63) is 89.6 Å². The quantitative estimate of drug-likeness (QED) is 0.462. The molecule has 3 heterocycles. The molecule has 2 atom stereocenters. The van der Waals surface area contributed by atoms with E-state index in [1.807, 2.05) is 59.5 Å². The third-order valence-corrected chi connectivity index (χ3v) is 7.20. The van der Waals surface area contributed by atoms with E-state index in [4.69, 9.17) is 14.5 Å². The first-order valence-corrected chi connectivity index (χ1v) is 11.8. The summed E-state index contributed by atoms with van der Waals surface area (Å²) in [5.74, 6) is -1.06. The molecule has 1 spiro atoms. The van der Waals surface area contributed by atoms with Crippen LogP contribution in [0.5, 0.6) is 0 Å². The molecular weight excluding hydrogens is 458 g/mol. The maximum atomic E-state index is 13.4. The molecule has 2 aromatic carbocycles. The molecule has 3 aliphatic rings. The number of fused-ring (bicyclic) bond motifs is 1. The molecule has 8 nitrogen and oxygen atoms in total. The van der Waals surface area contributed by atoms with E-state index in [-0.39, 0.29) is 23.6 Å². The SMILES string of the molecule is C=CCN1c2ccccc2[C@]23CCC(=O)N(Cc4ccccc4)C2=NC(C(=O)OC)=C(C(=O)OC)C13. The van der Waals surface area contributed by atoms with Gasteiger partial charge in [-0.25, -0.2) is 14.6 Å². The Hall–Kier alpha value is -4.20. The van der Waals surface area contributed by atoms with Crippen molar-refractivity contribution < 1.29 is 23.9 Å². The number of nitrogens with zero attached hydrogens (tertiary/aromatic N) is 3. The molecular formula is C28H27N3O5. The standard InChI is InChI=1S/C28H27N3O5/c1-4-16-30-20-13-9-8-12-19(20)28-15-14-21(32)31(17-18-10-6-5-7-11-18)27(28)29-23(26(34)36-3)22(24(28)30)25(33)35-2/h4-13,24H,1,14-17H2,2-3H3/t24?,28-/m0/s1. The molecule has 8 heteroatoms. The molecule has 36 heavy (non-hydrogen) atoms. The lowest BCUT2D eigenvalue weighted by Crippen LogP contribution is -2.62. The minimum Gasteiger partial charge on any atom is -0.466 e. The lowest BCUT2D eigenvalue weighted by molar-refractivity contribution is -0.140. The van der Waals surface area contributed by atoms with Gasteiger partial charge in [0, 0.05) is 18.7 Å². The maximum Gasteiger partial charge on any atom is 0.357 e. The summed E-state index contributed by atoms with van der Waals surface area (Å²) in [6.07, 6.45) is 2.45. The molecule has 0 radical (unpaired) electrons. The first-order valence-electron chi connectivity index (χ1n) is 11.8. The minimum absolute atomic E-state index is 0.0904. The fourth-order valence-electron chi connectivity index (χ4n) is 5.78. The number of carbonyl (C=O) groups is 3. The Bertz CT molecular complexity index is 1320. The highest BCUT2D eigenvalue weighted by Crippen LogP contribution is 2.56. The van der Waals surface area contributed by atoms with Crippen LogP contribution >= 0.6 is 0 Å². The smallest absolute Gasteiger partial charge is 0.357 e. The van der Waals surface area contributed by atoms with E-state index in [2.05, 4.69) is 6.58 Å². The Morgan fingerprint density at radius 3 is 2.47 bits per heavy atom. The molecule has 0 N–H and O–H groups in total. The van der Waals surface area contributed by atoms with Gasteiger partial charge in [-0.05, 0) is 23.6 Å². The maximum absolute atomic E-state index is 13.4. The third kappa shape index (κ3) is 3.36. The summed E-state index contributed by atoms with van der Waals surface area (Å²) in [5, 5.41) is 0. The van der Waals surface area contributed by atoms with Gasteiger partial charge < -0.3 is 14.4 Å². The van der Waals surface area contributed by atoms with E-state index in [1.54, 1.807) is 11.0 Å². The summed E-state index contributed by atoms with van der Waals surface area (Å²) in [4.78, 5) is 48.1. The first-order chi connectivity index (χ1) is 17.5. The minimum atomic E-state index is -0.844. The van der Waals surface area contributed by atoms with Crippen LogP contribution in [0.3, 0.4) is 0 Å². The molecule has 2 aromatic rings. The molecule has 0 aliphatic carbocycles. The van der Waals surface area contributed by atoms with Crippen molar-refractivity contribution in [1.29, 1.82) is 0 Å². The Morgan fingerprint density at radius 1 is 1.08 bits per heavy atom. The lowest BCUT2D eigenvalue weighted by Gasteiger charge is -2.48. The average molecular weight is 486 g/mol. The zero-order chi connectivity index (χ0) is 25.4. The number of ether oxygens (including phenoxy) is 2. The normalized spacial score (nSPS) is 22.3. The Balaban J connectivity index is 1.82. The first kappa shape index (κ1) is 23.5. The zero-order valence-electron chi connectivity index (χ0n) is 20.3. The summed E-state index contributed by atoms with van der Waals surface area (Å²) in [6.45, 7) is 4.62. The molecule has 0 saturated carbocycles. The van der Waals surface area contributed by atoms with Gasteiger partial charge in [-0.2, -0.15) is 0 Å². The lowest BCUT2D eigenvalue weighted by atomic mass is 9.65. The summed E-state index contributed by atoms with van der Waals surface area (Å²) in [7, 11) is 2.52. The van der Waals surface area contributed by atoms with Crippen LogP contribution in [0, 0.1) is 0 Å². The summed E-state index contributed by atoms with van der Waals surface area (Å²) >= 11 is 0. The van der Waals surface area contributed by atoms with E-state index >= 15 is 0 Å². The number of benzene rings is 2. The van der Waals surface area contributed by atoms with Crippen LogP contribution in [0.2, 0.25) is 0 Å². The van der Waals surface area contributed by atoms with Gasteiger partial charge in [0.25, 0.3) is 0 Å². The second-order valence-electron chi connectivity index (χ2n) is 8.98. The predicted octanol–water partition coefficient (Wildman–Crippen LogP) is 3.13. The highest BCUT2D eigenvalue weighted by Gasteiger charge is 2.63. The van der Waals surface area contributed by atoms with Gasteiger partial charge >= 0.3 is 11.9 Å². The van der Waals surface area contributed by atoms with Crippen molar-refractivity contribution in [2.45, 2.75) is 30.8 Å². The molecule has 0 bridgehead atoms. The van der Waals surface area contributed by atoms with E-state index < -0.39 is 23.4 Å². The van der Waals surface area contributed by atoms with Crippen molar-refractivity contribution in [2.75, 3.05) is 25.7 Å². The predicted molar refractivity (Wildman–Crippen MR) is 134 cm³/mol. The number of hydrogen-bond acceptors (Lipinski definition) is 7. The molecule has 0 aromatic heterocycles. The van der Waals surface area contributed by atoms with E-state index in [9.17, 15) is 14.4 Å². The van der Waals surface area contributed by atoms with Gasteiger partial charge in [0.15, 0.2) is 5.70 Å². The van der Waals surface area contributed by atoms with Gasteiger partial charge in [0.1, 0.15) is 5.84 Å². The number of amides is 1. The number of carbonyl (C=O) groups excluding carboxylic acids is 3. The molecule has 184 valence electrons. The number of likely N-dealkylation sites (tertiary alicyclic amines) is 1. The highest BCUT2D eigenvalue weighted by molar-refractivity contribution is 6.15. The summed E-state index contributed by atoms with van der Waals surface area (Å²) in [5.41, 5.74) is 1.92. The molecule has 1 unspecified atom stereocenters. The van der Waals surface area contributed by atoms with Gasteiger partial charge in [-0.3, -0.25) is 9.69 Å². The molecule has 3 aliphatic heterocycles. The summed E-state index contributed by atoms with van der Waals surface area (Å²) in [6, 6.07) is 16.9. The van der Waals surface area contributed by atoms with Gasteiger partial charge in [0.05, 0.1) is 37.8 Å². The van der Waals surface area contributed by atoms with Crippen molar-refractivity contribution in [3.63, 3.8) is 0 Å². The molecule has 1 fully saturated rings. The second kappa shape index (κ2) is 9.11. The number of rotatable bonds is 6. The van der Waals surface area contributed by atoms with Crippen LogP contribution in [0.15, 0.2) is 83.5 Å². The van der Waals surface area contributed by atoms with E-state index in [0.29, 0.717) is 25.3 Å². The van der Waals surface area contributed by atoms with Crippen molar-refractivity contribution in [1.82, 2.24) is 4.90 Å². The zero-order valence-corrected chi connectivity index (χ0v) is 20.3. The van der Waals surface area contributed by atoms with Crippen molar-refractivity contribution in [3.8, 4) is 0 Å². The average Bonchev–Trinajstić information content (AvgIpc) is 3.19. The highest BCUT2D eigenvalue weighted by atomic mass is 16.5. The monoisotopic (exact) mass is 485 g/mol. The van der Waals surface area contributed by atoms with Gasteiger partial charge in [0.2, 0.25) is 5.91 Å². The molecule has 5 rings (SSSR count). The Labute approximate surface area is 209 Å². The number of aliphatic imine (C=N–C) groups is 1. The van der Waals surface area contributed by atoms with Gasteiger partial charge in [-0.15, -0.1) is 6.58 Å². The third-order valence-electron chi connectivity index (χ3n) is 7.20. The van der Waals surface area contributed by atoms with Crippen LogP contribution in [-0.4, -0.2) is 55.4 Å². The fraction of sp³-hybridized carbons (Fsp3) is 0.286. The van der Waals surface area contributed by atoms with E-state index in [0.717, 1.165) is 16.8 Å². The van der Waals surface area contributed by atoms with Crippen LogP contribution in [0.25, 0.3) is 0 Å². The number of hydrogen-bond donors (Lipinski definition) is 0. The fourth-order valence-corrected chi connectivity index (χ4v) is 5.78. The Morgan fingerprint density at radius 2 is 1.78 bits per heavy atom. The number of para-hydroxylation sites is 1. The van der Waals surface area contributed by atoms with Gasteiger partial charge in [-0.1, -0.05) is 54.6 Å². The van der Waals surface area contributed by atoms with Crippen molar-refractivity contribution in [2.24, 2.45) is 4.99 Å². The largest absolute Gasteiger partial charge is 0.466 e. The van der Waals surface area contributed by atoms with Crippen molar-refractivity contribution >= 4 is 29.4 Å². The van der Waals surface area contributed by atoms with E-state index in [1.165, 1.54) is 14.2 Å². The Kier molecular flexibility index (Phi) is 5.96. The number of amidine groups is 1. The number of methoxy groups -OCH3 is 2. The van der Waals surface area contributed by atoms with Crippen LogP contribution in [-0.2, 0) is 35.8 Å².